The minimum Gasteiger partial charge on any atom is -0.504 e. The molecule has 15 heteroatoms. The minimum atomic E-state index is 0. The van der Waals surface area contributed by atoms with E-state index in [0.717, 1.165) is 22.9 Å². The smallest absolute Gasteiger partial charge is 0.331 e. The number of aromatic nitrogens is 3. The van der Waals surface area contributed by atoms with Crippen LogP contribution in [0.3, 0.4) is 0 Å². The number of aromatic hydroxyl groups is 1. The van der Waals surface area contributed by atoms with Crippen molar-refractivity contribution in [2.75, 3.05) is 35.5 Å². The number of phenols is 1. The number of nitriles is 2. The molecule has 0 unspecified atom stereocenters. The maximum Gasteiger partial charge on any atom is 0.331 e. The fourth-order valence-electron chi connectivity index (χ4n) is 3.20. The number of methoxy groups -OCH3 is 5. The molecule has 1 heterocycles. The number of nitrogens with zero attached hydrogens (tertiary/aromatic N) is 5. The minimum absolute atomic E-state index is 0. The molecule has 0 radical (unpaired) electrons. The number of aliphatic hydroxyl groups is 1. The lowest BCUT2D eigenvalue weighted by Gasteiger charge is -2.10. The van der Waals surface area contributed by atoms with Gasteiger partial charge in [-0.2, -0.15) is 5.26 Å². The highest BCUT2D eigenvalue weighted by atomic mass is 16.5. The second kappa shape index (κ2) is 21.5. The van der Waals surface area contributed by atoms with E-state index in [9.17, 15) is 0 Å². The number of benzene rings is 3. The highest BCUT2D eigenvalue weighted by Gasteiger charge is 2.12. The van der Waals surface area contributed by atoms with Gasteiger partial charge in [0, 0.05) is 0 Å². The summed E-state index contributed by atoms with van der Waals surface area (Å²) in [5, 5.41) is 31.1. The predicted octanol–water partition coefficient (Wildman–Crippen LogP) is 4.59. The van der Waals surface area contributed by atoms with Crippen LogP contribution in [0.25, 0.3) is 0 Å². The van der Waals surface area contributed by atoms with Crippen LogP contribution in [0.4, 0.5) is 0 Å². The third-order valence-corrected chi connectivity index (χ3v) is 5.27. The van der Waals surface area contributed by atoms with Gasteiger partial charge in [-0.05, 0) is 73.9 Å². The molecular formula is C31H37N5O10. The SMILES string of the molecule is COc1cc(C)ccc1O.COc1cc(C)ccc1OC#N.COc1nc(OC)nc(Oc2ccc(C)cc2OC)n1.N#CO.O. The van der Waals surface area contributed by atoms with E-state index in [1.54, 1.807) is 44.7 Å². The molecule has 0 bridgehead atoms. The Morgan fingerprint density at radius 1 is 0.565 bits per heavy atom. The lowest BCUT2D eigenvalue weighted by molar-refractivity contribution is 0.314. The third-order valence-electron chi connectivity index (χ3n) is 5.27. The van der Waals surface area contributed by atoms with Crippen LogP contribution in [0.15, 0.2) is 54.6 Å². The first-order valence-corrected chi connectivity index (χ1v) is 12.8. The zero-order valence-corrected chi connectivity index (χ0v) is 26.7. The number of ether oxygens (including phenoxy) is 7. The Labute approximate surface area is 267 Å². The van der Waals surface area contributed by atoms with Crippen LogP contribution in [0.5, 0.6) is 52.5 Å². The van der Waals surface area contributed by atoms with Crippen LogP contribution in [-0.2, 0) is 0 Å². The van der Waals surface area contributed by atoms with Gasteiger partial charge in [-0.3, -0.25) is 0 Å². The summed E-state index contributed by atoms with van der Waals surface area (Å²) in [5.74, 6) is 2.83. The zero-order valence-electron chi connectivity index (χ0n) is 26.7. The number of phenolic OH excluding ortho intramolecular Hbond substituents is 1. The van der Waals surface area contributed by atoms with E-state index in [1.165, 1.54) is 21.3 Å². The van der Waals surface area contributed by atoms with Gasteiger partial charge in [0.15, 0.2) is 34.5 Å². The Morgan fingerprint density at radius 3 is 1.37 bits per heavy atom. The third kappa shape index (κ3) is 13.4. The van der Waals surface area contributed by atoms with Gasteiger partial charge in [0.2, 0.25) is 0 Å². The standard InChI is InChI=1S/C13H15N3O4.C9H9NO2.C8H10O2.CHNO.H2O/c1-8-5-6-9(10(7-8)17-2)20-13-15-11(18-3)14-12(16-13)19-4;1-7-3-4-8(12-6-10)9(5-7)11-2;1-6-3-4-7(9)8(5-6)10-2;2-1-3;/h5-7H,1-4H3;3-5H,1-2H3;3-5,9H,1-2H3;3H;1H2. The van der Waals surface area contributed by atoms with Crippen LogP contribution in [-0.4, -0.2) is 66.2 Å². The molecule has 246 valence electrons. The van der Waals surface area contributed by atoms with Crippen LogP contribution >= 0.6 is 0 Å². The van der Waals surface area contributed by atoms with Crippen molar-refractivity contribution in [3.05, 3.63) is 71.3 Å². The summed E-state index contributed by atoms with van der Waals surface area (Å²) in [6.07, 6.45) is 2.35. The van der Waals surface area contributed by atoms with Gasteiger partial charge in [0.1, 0.15) is 0 Å². The maximum atomic E-state index is 9.11. The van der Waals surface area contributed by atoms with Crippen LogP contribution in [0.1, 0.15) is 16.7 Å². The Balaban J connectivity index is 0.000000668. The number of hydrogen-bond acceptors (Lipinski definition) is 14. The second-order valence-corrected chi connectivity index (χ2v) is 8.47. The van der Waals surface area contributed by atoms with Crippen molar-refractivity contribution in [3.8, 4) is 65.0 Å². The highest BCUT2D eigenvalue weighted by Crippen LogP contribution is 2.32. The molecule has 4 aromatic rings. The Kier molecular flexibility index (Phi) is 18.6. The average Bonchev–Trinajstić information content (AvgIpc) is 3.04. The Bertz CT molecular complexity index is 1570. The number of aryl methyl sites for hydroxylation is 3. The van der Waals surface area contributed by atoms with E-state index in [-0.39, 0.29) is 29.3 Å². The molecule has 4 N–H and O–H groups in total. The topological polar surface area (TPSA) is 223 Å². The lowest BCUT2D eigenvalue weighted by Crippen LogP contribution is -2.02. The maximum absolute atomic E-state index is 9.11. The van der Waals surface area contributed by atoms with Gasteiger partial charge in [-0.25, -0.2) is 0 Å². The molecule has 15 nitrogen and oxygen atoms in total. The van der Waals surface area contributed by atoms with E-state index in [1.807, 2.05) is 51.1 Å². The molecule has 0 aliphatic heterocycles. The van der Waals surface area contributed by atoms with Crippen molar-refractivity contribution in [1.29, 1.82) is 10.5 Å². The van der Waals surface area contributed by atoms with Crippen LogP contribution in [0.2, 0.25) is 0 Å². The Morgan fingerprint density at radius 2 is 0.957 bits per heavy atom. The molecular weight excluding hydrogens is 602 g/mol. The number of aliphatic hydroxyl groups excluding tert-OH is 1. The normalized spacial score (nSPS) is 8.83. The summed E-state index contributed by atoms with van der Waals surface area (Å²) < 4.78 is 35.3. The molecule has 0 atom stereocenters. The molecule has 1 aromatic heterocycles. The van der Waals surface area contributed by atoms with Gasteiger partial charge < -0.3 is 48.8 Å². The van der Waals surface area contributed by atoms with Gasteiger partial charge in [-0.1, -0.05) is 18.2 Å². The number of hydrogen-bond donors (Lipinski definition) is 2. The monoisotopic (exact) mass is 639 g/mol. The fourth-order valence-corrected chi connectivity index (χ4v) is 3.20. The van der Waals surface area contributed by atoms with Crippen molar-refractivity contribution in [1.82, 2.24) is 15.0 Å². The van der Waals surface area contributed by atoms with Crippen LogP contribution < -0.4 is 33.2 Å². The fraction of sp³-hybridized carbons (Fsp3) is 0.258. The van der Waals surface area contributed by atoms with Crippen molar-refractivity contribution in [2.45, 2.75) is 20.8 Å². The van der Waals surface area contributed by atoms with E-state index >= 15 is 0 Å². The first-order chi connectivity index (χ1) is 21.6. The predicted molar refractivity (Wildman–Crippen MR) is 165 cm³/mol. The van der Waals surface area contributed by atoms with Crippen molar-refractivity contribution in [3.63, 3.8) is 0 Å². The Hall–Kier alpha value is -6.19. The van der Waals surface area contributed by atoms with Crippen molar-refractivity contribution in [2.24, 2.45) is 0 Å². The lowest BCUT2D eigenvalue weighted by atomic mass is 10.2. The zero-order chi connectivity index (χ0) is 33.8. The van der Waals surface area contributed by atoms with Gasteiger partial charge >= 0.3 is 18.0 Å². The van der Waals surface area contributed by atoms with Gasteiger partial charge in [0.05, 0.1) is 35.5 Å². The summed E-state index contributed by atoms with van der Waals surface area (Å²) in [5.41, 5.74) is 3.20. The quantitative estimate of drug-likeness (QED) is 0.252. The first kappa shape index (κ1) is 39.8. The van der Waals surface area contributed by atoms with E-state index in [2.05, 4.69) is 19.7 Å². The highest BCUT2D eigenvalue weighted by molar-refractivity contribution is 5.44. The summed E-state index contributed by atoms with van der Waals surface area (Å²) in [4.78, 5) is 11.9. The molecule has 0 saturated carbocycles. The molecule has 0 amide bonds. The molecule has 3 aromatic carbocycles. The van der Waals surface area contributed by atoms with Gasteiger partial charge in [0.25, 0.3) is 12.5 Å². The van der Waals surface area contributed by atoms with E-state index in [0.29, 0.717) is 28.7 Å². The molecule has 0 spiro atoms. The van der Waals surface area contributed by atoms with Crippen molar-refractivity contribution < 1.29 is 48.8 Å². The molecule has 0 fully saturated rings. The van der Waals surface area contributed by atoms with E-state index in [4.69, 9.17) is 49.2 Å². The molecule has 0 saturated heterocycles. The van der Waals surface area contributed by atoms with E-state index < -0.39 is 0 Å². The number of rotatable bonds is 8. The summed E-state index contributed by atoms with van der Waals surface area (Å²) in [6, 6.07) is 16.4. The molecule has 0 aliphatic rings. The summed E-state index contributed by atoms with van der Waals surface area (Å²) in [6.45, 7) is 5.85. The second-order valence-electron chi connectivity index (χ2n) is 8.47. The first-order valence-electron chi connectivity index (χ1n) is 12.8. The molecule has 0 aliphatic carbocycles. The van der Waals surface area contributed by atoms with Gasteiger partial charge in [-0.15, -0.1) is 20.2 Å². The van der Waals surface area contributed by atoms with Crippen molar-refractivity contribution >= 4 is 0 Å². The average molecular weight is 640 g/mol. The summed E-state index contributed by atoms with van der Waals surface area (Å²) >= 11 is 0. The largest absolute Gasteiger partial charge is 0.504 e. The molecule has 4 rings (SSSR count). The summed E-state index contributed by atoms with van der Waals surface area (Å²) in [7, 11) is 7.54. The molecule has 46 heavy (non-hydrogen) atoms. The van der Waals surface area contributed by atoms with Crippen LogP contribution in [0, 0.1) is 43.8 Å².